The summed E-state index contributed by atoms with van der Waals surface area (Å²) < 4.78 is 10.4. The van der Waals surface area contributed by atoms with E-state index in [0.717, 1.165) is 22.3 Å². The summed E-state index contributed by atoms with van der Waals surface area (Å²) in [5, 5.41) is 3.09. The van der Waals surface area contributed by atoms with Gasteiger partial charge in [-0.2, -0.15) is 0 Å². The summed E-state index contributed by atoms with van der Waals surface area (Å²) in [5.74, 6) is -1.18. The summed E-state index contributed by atoms with van der Waals surface area (Å²) >= 11 is 0. The van der Waals surface area contributed by atoms with Gasteiger partial charge in [0.25, 0.3) is 0 Å². The molecule has 0 amide bonds. The molecule has 5 heteroatoms. The van der Waals surface area contributed by atoms with Gasteiger partial charge in [0, 0.05) is 13.0 Å². The Hall–Kier alpha value is -2.66. The quantitative estimate of drug-likeness (QED) is 0.661. The third-order valence-corrected chi connectivity index (χ3v) is 4.63. The number of rotatable bonds is 5. The number of hydrogen-bond acceptors (Lipinski definition) is 5. The van der Waals surface area contributed by atoms with Gasteiger partial charge < -0.3 is 9.47 Å². The molecule has 1 aliphatic heterocycles. The Labute approximate surface area is 153 Å². The Bertz CT molecular complexity index is 783. The minimum Gasteiger partial charge on any atom is -0.464 e. The molecule has 1 heterocycles. The van der Waals surface area contributed by atoms with Crippen LogP contribution in [0.5, 0.6) is 0 Å². The van der Waals surface area contributed by atoms with Crippen LogP contribution < -0.4 is 5.32 Å². The summed E-state index contributed by atoms with van der Waals surface area (Å²) in [5.41, 5.74) is 2.59. The normalized spacial score (nSPS) is 15.0. The zero-order chi connectivity index (χ0) is 18.6. The molecule has 2 aromatic rings. The lowest BCUT2D eigenvalue weighted by molar-refractivity contribution is -0.166. The summed E-state index contributed by atoms with van der Waals surface area (Å²) in [6.07, 6.45) is 0.199. The summed E-state index contributed by atoms with van der Waals surface area (Å²) in [7, 11) is 0. The molecule has 0 atom stereocenters. The van der Waals surface area contributed by atoms with Crippen LogP contribution in [-0.2, 0) is 32.0 Å². The highest BCUT2D eigenvalue weighted by Crippen LogP contribution is 2.33. The molecule has 0 saturated carbocycles. The van der Waals surface area contributed by atoms with Crippen molar-refractivity contribution in [3.8, 4) is 11.1 Å². The van der Waals surface area contributed by atoms with E-state index in [1.807, 2.05) is 48.5 Å². The Morgan fingerprint density at radius 1 is 0.962 bits per heavy atom. The van der Waals surface area contributed by atoms with E-state index in [-0.39, 0.29) is 19.6 Å². The van der Waals surface area contributed by atoms with Gasteiger partial charge in [-0.05, 0) is 36.1 Å². The number of nitrogens with one attached hydrogen (secondary N) is 1. The first-order chi connectivity index (χ1) is 12.6. The number of carbonyl (C=O) groups is 2. The molecule has 0 radical (unpaired) electrons. The lowest BCUT2D eigenvalue weighted by Crippen LogP contribution is -2.62. The van der Waals surface area contributed by atoms with Crippen molar-refractivity contribution in [1.82, 2.24) is 5.32 Å². The van der Waals surface area contributed by atoms with Gasteiger partial charge in [-0.15, -0.1) is 0 Å². The number of ether oxygens (including phenoxy) is 2. The van der Waals surface area contributed by atoms with Crippen molar-refractivity contribution in [2.75, 3.05) is 13.2 Å². The van der Waals surface area contributed by atoms with Gasteiger partial charge in [-0.3, -0.25) is 5.32 Å². The minimum absolute atomic E-state index is 0.199. The molecule has 1 aliphatic rings. The van der Waals surface area contributed by atoms with Crippen LogP contribution in [0.1, 0.15) is 25.0 Å². The second-order valence-electron chi connectivity index (χ2n) is 6.19. The van der Waals surface area contributed by atoms with Crippen molar-refractivity contribution in [2.45, 2.75) is 32.4 Å². The molecule has 0 saturated heterocycles. The lowest BCUT2D eigenvalue weighted by atomic mass is 9.81. The van der Waals surface area contributed by atoms with Crippen molar-refractivity contribution in [1.29, 1.82) is 0 Å². The molecule has 26 heavy (non-hydrogen) atoms. The first kappa shape index (κ1) is 18.1. The Morgan fingerprint density at radius 3 is 2.23 bits per heavy atom. The van der Waals surface area contributed by atoms with Crippen LogP contribution in [0, 0.1) is 0 Å². The van der Waals surface area contributed by atoms with Crippen molar-refractivity contribution < 1.29 is 19.1 Å². The second kappa shape index (κ2) is 7.70. The number of esters is 2. The predicted molar refractivity (Wildman–Crippen MR) is 98.4 cm³/mol. The van der Waals surface area contributed by atoms with E-state index in [4.69, 9.17) is 9.47 Å². The summed E-state index contributed by atoms with van der Waals surface area (Å²) in [4.78, 5) is 25.4. The molecule has 0 aliphatic carbocycles. The molecular formula is C21H23NO4. The minimum atomic E-state index is -1.51. The zero-order valence-corrected chi connectivity index (χ0v) is 15.1. The molecule has 1 N–H and O–H groups in total. The van der Waals surface area contributed by atoms with Gasteiger partial charge in [0.15, 0.2) is 0 Å². The van der Waals surface area contributed by atoms with Crippen molar-refractivity contribution >= 4 is 11.9 Å². The molecule has 0 aromatic heterocycles. The monoisotopic (exact) mass is 353 g/mol. The fraction of sp³-hybridized carbons (Fsp3) is 0.333. The molecule has 0 bridgehead atoms. The van der Waals surface area contributed by atoms with Crippen molar-refractivity contribution in [2.24, 2.45) is 0 Å². The number of fused-ring (bicyclic) bond motifs is 1. The van der Waals surface area contributed by atoms with Crippen LogP contribution >= 0.6 is 0 Å². The van der Waals surface area contributed by atoms with Gasteiger partial charge in [0.05, 0.1) is 13.2 Å². The summed E-state index contributed by atoms with van der Waals surface area (Å²) in [6.45, 7) is 4.25. The highest BCUT2D eigenvalue weighted by molar-refractivity contribution is 6.06. The van der Waals surface area contributed by atoms with Gasteiger partial charge in [0.2, 0.25) is 5.54 Å². The van der Waals surface area contributed by atoms with Crippen molar-refractivity contribution in [3.05, 3.63) is 59.7 Å². The van der Waals surface area contributed by atoms with Crippen LogP contribution in [0.15, 0.2) is 48.5 Å². The molecule has 0 spiro atoms. The second-order valence-corrected chi connectivity index (χ2v) is 6.19. The van der Waals surface area contributed by atoms with E-state index >= 15 is 0 Å². The van der Waals surface area contributed by atoms with E-state index in [9.17, 15) is 9.59 Å². The molecule has 0 unspecified atom stereocenters. The molecule has 2 aromatic carbocycles. The Kier molecular flexibility index (Phi) is 5.38. The largest absolute Gasteiger partial charge is 0.464 e. The highest BCUT2D eigenvalue weighted by Gasteiger charge is 2.51. The Morgan fingerprint density at radius 2 is 1.62 bits per heavy atom. The van der Waals surface area contributed by atoms with Gasteiger partial charge in [0.1, 0.15) is 0 Å². The Balaban J connectivity index is 2.07. The lowest BCUT2D eigenvalue weighted by Gasteiger charge is -2.35. The van der Waals surface area contributed by atoms with Gasteiger partial charge in [-0.25, -0.2) is 9.59 Å². The summed E-state index contributed by atoms with van der Waals surface area (Å²) in [6, 6.07) is 16.0. The standard InChI is InChI=1S/C21H23NO4/c1-3-25-19(23)21(20(24)26-4-2)13-18-16(14-22-21)11-8-12-17(18)15-9-6-5-7-10-15/h5-12,22H,3-4,13-14H2,1-2H3. The maximum Gasteiger partial charge on any atom is 0.338 e. The van der Waals surface area contributed by atoms with Crippen LogP contribution in [-0.4, -0.2) is 30.7 Å². The molecule has 3 rings (SSSR count). The number of carbonyl (C=O) groups excluding carboxylic acids is 2. The average molecular weight is 353 g/mol. The molecule has 0 fully saturated rings. The van der Waals surface area contributed by atoms with Crippen molar-refractivity contribution in [3.63, 3.8) is 0 Å². The maximum absolute atomic E-state index is 12.7. The van der Waals surface area contributed by atoms with Crippen LogP contribution in [0.25, 0.3) is 11.1 Å². The van der Waals surface area contributed by atoms with Crippen LogP contribution in [0.4, 0.5) is 0 Å². The van der Waals surface area contributed by atoms with Gasteiger partial charge >= 0.3 is 11.9 Å². The third-order valence-electron chi connectivity index (χ3n) is 4.63. The van der Waals surface area contributed by atoms with E-state index in [1.165, 1.54) is 0 Å². The fourth-order valence-electron chi connectivity index (χ4n) is 3.35. The maximum atomic E-state index is 12.7. The third kappa shape index (κ3) is 3.22. The first-order valence-electron chi connectivity index (χ1n) is 8.88. The van der Waals surface area contributed by atoms with Gasteiger partial charge in [-0.1, -0.05) is 48.5 Å². The molecule has 136 valence electrons. The van der Waals surface area contributed by atoms with E-state index in [2.05, 4.69) is 5.32 Å². The smallest absolute Gasteiger partial charge is 0.338 e. The SMILES string of the molecule is CCOC(=O)C1(C(=O)OCC)Cc2c(cccc2-c2ccccc2)CN1. The molecule has 5 nitrogen and oxygen atoms in total. The van der Waals surface area contributed by atoms with E-state index in [0.29, 0.717) is 6.54 Å². The fourth-order valence-corrected chi connectivity index (χ4v) is 3.35. The number of benzene rings is 2. The van der Waals surface area contributed by atoms with E-state index < -0.39 is 17.5 Å². The molecular weight excluding hydrogens is 330 g/mol. The van der Waals surface area contributed by atoms with Crippen LogP contribution in [0.2, 0.25) is 0 Å². The number of hydrogen-bond donors (Lipinski definition) is 1. The first-order valence-corrected chi connectivity index (χ1v) is 8.88. The van der Waals surface area contributed by atoms with E-state index in [1.54, 1.807) is 13.8 Å². The topological polar surface area (TPSA) is 64.6 Å². The predicted octanol–water partition coefficient (Wildman–Crippen LogP) is 2.86. The zero-order valence-electron chi connectivity index (χ0n) is 15.1. The average Bonchev–Trinajstić information content (AvgIpc) is 2.68. The highest BCUT2D eigenvalue weighted by atomic mass is 16.6. The van der Waals surface area contributed by atoms with Crippen LogP contribution in [0.3, 0.4) is 0 Å².